The number of esters is 1. The molecule has 3 nitrogen and oxygen atoms in total. The summed E-state index contributed by atoms with van der Waals surface area (Å²) in [4.78, 5) is 13.3. The zero-order valence-corrected chi connectivity index (χ0v) is 11.3. The van der Waals surface area contributed by atoms with Gasteiger partial charge in [-0.1, -0.05) is 28.1 Å². The van der Waals surface area contributed by atoms with Crippen LogP contribution in [-0.2, 0) is 16.1 Å². The highest BCUT2D eigenvalue weighted by Crippen LogP contribution is 2.14. The number of likely N-dealkylation sites (N-methyl/N-ethyl adjacent to an activating group) is 1. The van der Waals surface area contributed by atoms with Gasteiger partial charge in [0.1, 0.15) is 6.04 Å². The molecule has 0 saturated carbocycles. The van der Waals surface area contributed by atoms with E-state index < -0.39 is 0 Å². The molecule has 0 aliphatic carbocycles. The fourth-order valence-electron chi connectivity index (χ4n) is 1.41. The Morgan fingerprint density at radius 2 is 2.25 bits per heavy atom. The molecule has 0 radical (unpaired) electrons. The lowest BCUT2D eigenvalue weighted by atomic mass is 10.2. The van der Waals surface area contributed by atoms with Gasteiger partial charge in [0.15, 0.2) is 0 Å². The summed E-state index contributed by atoms with van der Waals surface area (Å²) in [7, 11) is 3.31. The first-order valence-corrected chi connectivity index (χ1v) is 5.86. The van der Waals surface area contributed by atoms with Crippen molar-refractivity contribution >= 4 is 21.9 Å². The second-order valence-electron chi connectivity index (χ2n) is 3.74. The summed E-state index contributed by atoms with van der Waals surface area (Å²) < 4.78 is 5.75. The minimum Gasteiger partial charge on any atom is -0.468 e. The smallest absolute Gasteiger partial charge is 0.322 e. The minimum atomic E-state index is -0.232. The van der Waals surface area contributed by atoms with E-state index in [1.165, 1.54) is 7.11 Å². The van der Waals surface area contributed by atoms with Gasteiger partial charge >= 0.3 is 5.97 Å². The van der Waals surface area contributed by atoms with E-state index in [2.05, 4.69) is 15.9 Å². The highest BCUT2D eigenvalue weighted by Gasteiger charge is 2.18. The predicted octanol–water partition coefficient (Wildman–Crippen LogP) is 2.44. The van der Waals surface area contributed by atoms with Crippen LogP contribution in [0.15, 0.2) is 28.7 Å². The van der Waals surface area contributed by atoms with E-state index in [0.717, 1.165) is 16.6 Å². The second kappa shape index (κ2) is 6.01. The van der Waals surface area contributed by atoms with Crippen LogP contribution >= 0.6 is 15.9 Å². The Morgan fingerprint density at radius 1 is 1.56 bits per heavy atom. The number of carbonyl (C=O) groups excluding carboxylic acids is 1. The van der Waals surface area contributed by atoms with Crippen molar-refractivity contribution in [3.63, 3.8) is 0 Å². The first-order valence-electron chi connectivity index (χ1n) is 5.07. The van der Waals surface area contributed by atoms with Crippen molar-refractivity contribution in [2.75, 3.05) is 14.2 Å². The molecule has 1 unspecified atom stereocenters. The normalized spacial score (nSPS) is 12.6. The van der Waals surface area contributed by atoms with E-state index in [9.17, 15) is 4.79 Å². The number of rotatable bonds is 4. The van der Waals surface area contributed by atoms with Crippen LogP contribution in [-0.4, -0.2) is 31.1 Å². The molecule has 0 heterocycles. The molecule has 1 atom stereocenters. The fraction of sp³-hybridized carbons (Fsp3) is 0.417. The molecule has 0 N–H and O–H groups in total. The lowest BCUT2D eigenvalue weighted by Gasteiger charge is -2.22. The number of ether oxygens (including phenoxy) is 1. The number of hydrogen-bond acceptors (Lipinski definition) is 3. The zero-order chi connectivity index (χ0) is 12.1. The molecule has 88 valence electrons. The van der Waals surface area contributed by atoms with Gasteiger partial charge in [-0.3, -0.25) is 9.69 Å². The molecule has 16 heavy (non-hydrogen) atoms. The summed E-state index contributed by atoms with van der Waals surface area (Å²) in [6.45, 7) is 2.56. The van der Waals surface area contributed by atoms with E-state index in [0.29, 0.717) is 0 Å². The Hall–Kier alpha value is -0.870. The molecule has 0 saturated heterocycles. The lowest BCUT2D eigenvalue weighted by molar-refractivity contribution is -0.145. The van der Waals surface area contributed by atoms with Gasteiger partial charge in [-0.05, 0) is 31.7 Å². The number of halogens is 1. The van der Waals surface area contributed by atoms with Crippen molar-refractivity contribution in [2.45, 2.75) is 19.5 Å². The third-order valence-corrected chi connectivity index (χ3v) is 3.02. The van der Waals surface area contributed by atoms with E-state index >= 15 is 0 Å². The SMILES string of the molecule is COC(=O)C(C)N(C)Cc1cccc(Br)c1. The molecule has 1 rings (SSSR count). The summed E-state index contributed by atoms with van der Waals surface area (Å²) in [5.41, 5.74) is 1.16. The Labute approximate surface area is 105 Å². The average Bonchev–Trinajstić information content (AvgIpc) is 2.27. The van der Waals surface area contributed by atoms with Gasteiger partial charge in [0.05, 0.1) is 7.11 Å². The van der Waals surface area contributed by atoms with Crippen LogP contribution in [0.4, 0.5) is 0 Å². The van der Waals surface area contributed by atoms with Crippen LogP contribution in [0.1, 0.15) is 12.5 Å². The predicted molar refractivity (Wildman–Crippen MR) is 67.1 cm³/mol. The minimum absolute atomic E-state index is 0.211. The first kappa shape index (κ1) is 13.2. The molecule has 0 fully saturated rings. The van der Waals surface area contributed by atoms with Gasteiger partial charge in [0, 0.05) is 11.0 Å². The largest absolute Gasteiger partial charge is 0.468 e. The van der Waals surface area contributed by atoms with Crippen molar-refractivity contribution in [3.8, 4) is 0 Å². The van der Waals surface area contributed by atoms with Crippen LogP contribution in [0, 0.1) is 0 Å². The van der Waals surface area contributed by atoms with Gasteiger partial charge in [-0.15, -0.1) is 0 Å². The molecular formula is C12H16BrNO2. The van der Waals surface area contributed by atoms with Crippen LogP contribution in [0.2, 0.25) is 0 Å². The van der Waals surface area contributed by atoms with Gasteiger partial charge in [0.2, 0.25) is 0 Å². The molecule has 0 bridgehead atoms. The first-order chi connectivity index (χ1) is 7.54. The van der Waals surface area contributed by atoms with Crippen LogP contribution in [0.25, 0.3) is 0 Å². The summed E-state index contributed by atoms with van der Waals surface area (Å²) in [5.74, 6) is -0.211. The van der Waals surface area contributed by atoms with E-state index in [4.69, 9.17) is 4.74 Å². The average molecular weight is 286 g/mol. The molecule has 1 aromatic carbocycles. The zero-order valence-electron chi connectivity index (χ0n) is 9.74. The van der Waals surface area contributed by atoms with Crippen molar-refractivity contribution in [2.24, 2.45) is 0 Å². The number of methoxy groups -OCH3 is 1. The van der Waals surface area contributed by atoms with Crippen molar-refractivity contribution in [1.82, 2.24) is 4.90 Å². The highest BCUT2D eigenvalue weighted by molar-refractivity contribution is 9.10. The molecule has 0 aliphatic heterocycles. The van der Waals surface area contributed by atoms with Gasteiger partial charge in [-0.25, -0.2) is 0 Å². The van der Waals surface area contributed by atoms with Gasteiger partial charge in [0.25, 0.3) is 0 Å². The topological polar surface area (TPSA) is 29.5 Å². The monoisotopic (exact) mass is 285 g/mol. The Morgan fingerprint density at radius 3 is 2.81 bits per heavy atom. The summed E-state index contributed by atoms with van der Waals surface area (Å²) in [6, 6.07) is 7.80. The number of nitrogens with zero attached hydrogens (tertiary/aromatic N) is 1. The second-order valence-corrected chi connectivity index (χ2v) is 4.66. The third-order valence-electron chi connectivity index (χ3n) is 2.52. The fourth-order valence-corrected chi connectivity index (χ4v) is 1.86. The Bertz CT molecular complexity index is 368. The van der Waals surface area contributed by atoms with Crippen LogP contribution in [0.5, 0.6) is 0 Å². The third kappa shape index (κ3) is 3.61. The standard InChI is InChI=1S/C12H16BrNO2/c1-9(12(15)16-3)14(2)8-10-5-4-6-11(13)7-10/h4-7,9H,8H2,1-3H3. The molecule has 0 aromatic heterocycles. The lowest BCUT2D eigenvalue weighted by Crippen LogP contribution is -2.36. The van der Waals surface area contributed by atoms with Crippen molar-refractivity contribution < 1.29 is 9.53 Å². The highest BCUT2D eigenvalue weighted by atomic mass is 79.9. The molecule has 0 aliphatic rings. The van der Waals surface area contributed by atoms with E-state index in [1.807, 2.05) is 43.1 Å². The van der Waals surface area contributed by atoms with Gasteiger partial charge < -0.3 is 4.74 Å². The molecule has 1 aromatic rings. The van der Waals surface area contributed by atoms with Crippen LogP contribution in [0.3, 0.4) is 0 Å². The Kier molecular flexibility index (Phi) is 4.96. The number of carbonyl (C=O) groups is 1. The Balaban J connectivity index is 2.64. The summed E-state index contributed by atoms with van der Waals surface area (Å²) >= 11 is 3.42. The van der Waals surface area contributed by atoms with E-state index in [1.54, 1.807) is 0 Å². The van der Waals surface area contributed by atoms with Gasteiger partial charge in [-0.2, -0.15) is 0 Å². The summed E-state index contributed by atoms with van der Waals surface area (Å²) in [5, 5.41) is 0. The molecule has 0 spiro atoms. The number of hydrogen-bond donors (Lipinski definition) is 0. The van der Waals surface area contributed by atoms with Crippen molar-refractivity contribution in [1.29, 1.82) is 0 Å². The maximum absolute atomic E-state index is 11.3. The quantitative estimate of drug-likeness (QED) is 0.796. The maximum atomic E-state index is 11.3. The molecule has 0 amide bonds. The summed E-state index contributed by atoms with van der Waals surface area (Å²) in [6.07, 6.45) is 0. The van der Waals surface area contributed by atoms with E-state index in [-0.39, 0.29) is 12.0 Å². The van der Waals surface area contributed by atoms with Crippen LogP contribution < -0.4 is 0 Å². The van der Waals surface area contributed by atoms with Crippen molar-refractivity contribution in [3.05, 3.63) is 34.3 Å². The molecule has 4 heteroatoms. The molecular weight excluding hydrogens is 270 g/mol. The number of benzene rings is 1. The maximum Gasteiger partial charge on any atom is 0.322 e.